The van der Waals surface area contributed by atoms with Crippen LogP contribution in [-0.4, -0.2) is 19.8 Å². The van der Waals surface area contributed by atoms with Gasteiger partial charge in [-0.25, -0.2) is 4.79 Å². The topological polar surface area (TPSA) is 99.8 Å². The molecular formula is C20H15O6S-. The van der Waals surface area contributed by atoms with Crippen LogP contribution in [-0.2, 0) is 11.1 Å². The highest BCUT2D eigenvalue weighted by Gasteiger charge is 2.33. The number of ether oxygens (including phenoxy) is 1. The van der Waals surface area contributed by atoms with Crippen molar-refractivity contribution in [2.24, 2.45) is 0 Å². The summed E-state index contributed by atoms with van der Waals surface area (Å²) in [5.74, 6) is -0.473. The van der Waals surface area contributed by atoms with Gasteiger partial charge in [0.15, 0.2) is 11.9 Å². The first-order chi connectivity index (χ1) is 13.0. The van der Waals surface area contributed by atoms with Crippen molar-refractivity contribution < 1.29 is 27.8 Å². The van der Waals surface area contributed by atoms with Gasteiger partial charge in [0, 0.05) is 11.1 Å². The maximum Gasteiger partial charge on any atom is 0.339 e. The molecule has 0 spiro atoms. The Morgan fingerprint density at radius 2 is 1.89 bits per heavy atom. The van der Waals surface area contributed by atoms with Crippen molar-refractivity contribution in [2.45, 2.75) is 18.3 Å². The number of hydrogen-bond acceptors (Lipinski definition) is 5. The molecule has 1 aliphatic rings. The Morgan fingerprint density at radius 1 is 1.15 bits per heavy atom. The molecular weight excluding hydrogens is 368 g/mol. The van der Waals surface area contributed by atoms with Crippen LogP contribution >= 0.6 is 0 Å². The molecule has 138 valence electrons. The van der Waals surface area contributed by atoms with Gasteiger partial charge in [0.1, 0.15) is 11.3 Å². The summed E-state index contributed by atoms with van der Waals surface area (Å²) in [6.07, 6.45) is 1.04. The molecule has 0 radical (unpaired) electrons. The van der Waals surface area contributed by atoms with Gasteiger partial charge in [-0.2, -0.15) is 0 Å². The van der Waals surface area contributed by atoms with Crippen LogP contribution in [0.5, 0.6) is 5.75 Å². The number of carboxylic acid groups (broad SMARTS) is 1. The van der Waals surface area contributed by atoms with Gasteiger partial charge in [-0.15, -0.1) is 0 Å². The van der Waals surface area contributed by atoms with E-state index < -0.39 is 28.4 Å². The van der Waals surface area contributed by atoms with Crippen LogP contribution in [0.2, 0.25) is 0 Å². The van der Waals surface area contributed by atoms with E-state index in [9.17, 15) is 18.7 Å². The van der Waals surface area contributed by atoms with Gasteiger partial charge in [0.25, 0.3) is 0 Å². The van der Waals surface area contributed by atoms with Crippen molar-refractivity contribution in [3.63, 3.8) is 0 Å². The van der Waals surface area contributed by atoms with E-state index in [0.717, 1.165) is 5.56 Å². The van der Waals surface area contributed by atoms with Crippen molar-refractivity contribution in [2.75, 3.05) is 0 Å². The summed E-state index contributed by atoms with van der Waals surface area (Å²) in [7, 11) is 0. The highest BCUT2D eigenvalue weighted by molar-refractivity contribution is 7.79. The molecule has 1 N–H and O–H groups in total. The smallest absolute Gasteiger partial charge is 0.339 e. The van der Waals surface area contributed by atoms with E-state index in [-0.39, 0.29) is 16.9 Å². The lowest BCUT2D eigenvalue weighted by molar-refractivity contribution is 0.0687. The minimum absolute atomic E-state index is 0.149. The van der Waals surface area contributed by atoms with Gasteiger partial charge < -0.3 is 18.8 Å². The van der Waals surface area contributed by atoms with Gasteiger partial charge in [0.2, 0.25) is 0 Å². The molecule has 1 aromatic heterocycles. The van der Waals surface area contributed by atoms with E-state index in [1.807, 2.05) is 0 Å². The molecule has 2 aromatic carbocycles. The quantitative estimate of drug-likeness (QED) is 0.682. The lowest BCUT2D eigenvalue weighted by atomic mass is 9.91. The van der Waals surface area contributed by atoms with Crippen LogP contribution in [0.3, 0.4) is 0 Å². The molecule has 3 aromatic rings. The van der Waals surface area contributed by atoms with E-state index >= 15 is 0 Å². The molecule has 7 heteroatoms. The Bertz CT molecular complexity index is 1040. The largest absolute Gasteiger partial charge is 0.772 e. The van der Waals surface area contributed by atoms with Gasteiger partial charge >= 0.3 is 5.97 Å². The molecule has 1 aliphatic heterocycles. The number of carboxylic acids is 1. The number of furan rings is 1. The Labute approximate surface area is 157 Å². The first-order valence-electron chi connectivity index (χ1n) is 8.26. The monoisotopic (exact) mass is 383 g/mol. The predicted molar refractivity (Wildman–Crippen MR) is 97.4 cm³/mol. The van der Waals surface area contributed by atoms with E-state index in [0.29, 0.717) is 16.9 Å². The maximum atomic E-state index is 12.1. The van der Waals surface area contributed by atoms with Crippen LogP contribution in [0.25, 0.3) is 11.1 Å². The summed E-state index contributed by atoms with van der Waals surface area (Å²) in [6.45, 7) is 1.75. The van der Waals surface area contributed by atoms with Gasteiger partial charge in [-0.05, 0) is 35.2 Å². The van der Waals surface area contributed by atoms with E-state index in [2.05, 4.69) is 0 Å². The molecule has 0 amide bonds. The number of hydrogen-bond donors (Lipinski definition) is 1. The number of fused-ring (bicyclic) bond motifs is 3. The van der Waals surface area contributed by atoms with Crippen LogP contribution in [0.15, 0.2) is 59.2 Å². The van der Waals surface area contributed by atoms with Gasteiger partial charge in [-0.1, -0.05) is 42.5 Å². The highest BCUT2D eigenvalue weighted by Crippen LogP contribution is 2.47. The molecule has 3 atom stereocenters. The second-order valence-corrected chi connectivity index (χ2v) is 7.21. The Balaban J connectivity index is 1.97. The summed E-state index contributed by atoms with van der Waals surface area (Å²) in [6, 6.07) is 13.5. The fraction of sp³-hybridized carbons (Fsp3) is 0.150. The molecule has 0 bridgehead atoms. The van der Waals surface area contributed by atoms with Crippen molar-refractivity contribution in [1.29, 1.82) is 0 Å². The standard InChI is InChI=1S/C20H16O6S/c1-11-17-14(9-10-25-17)13-7-8-15(16(20(21)22)18(13)26-11)19(27(23)24)12-5-3-2-4-6-12/h2-11,19H,1H3,(H,21,22)(H,23,24)/p-1. The Morgan fingerprint density at radius 3 is 2.56 bits per heavy atom. The summed E-state index contributed by atoms with van der Waals surface area (Å²) in [5, 5.41) is 8.76. The zero-order chi connectivity index (χ0) is 19.1. The Kier molecular flexibility index (Phi) is 4.33. The summed E-state index contributed by atoms with van der Waals surface area (Å²) in [5.41, 5.74) is 1.82. The first-order valence-corrected chi connectivity index (χ1v) is 9.40. The molecule has 27 heavy (non-hydrogen) atoms. The van der Waals surface area contributed by atoms with Crippen LogP contribution in [0, 0.1) is 0 Å². The van der Waals surface area contributed by atoms with Gasteiger partial charge in [0.05, 0.1) is 11.5 Å². The maximum absolute atomic E-state index is 12.1. The molecule has 3 unspecified atom stereocenters. The van der Waals surface area contributed by atoms with E-state index in [1.54, 1.807) is 49.4 Å². The SMILES string of the molecule is CC1Oc2c(ccc(C(c3ccccc3)S(=O)[O-])c2C(=O)O)-c2ccoc21. The second-order valence-electron chi connectivity index (χ2n) is 6.22. The minimum Gasteiger partial charge on any atom is -0.772 e. The van der Waals surface area contributed by atoms with E-state index in [1.165, 1.54) is 12.3 Å². The molecule has 0 saturated carbocycles. The van der Waals surface area contributed by atoms with Crippen molar-refractivity contribution in [3.8, 4) is 16.9 Å². The van der Waals surface area contributed by atoms with Crippen molar-refractivity contribution >= 4 is 17.0 Å². The van der Waals surface area contributed by atoms with Crippen LogP contribution < -0.4 is 4.74 Å². The number of aromatic carboxylic acids is 1. The minimum atomic E-state index is -2.57. The zero-order valence-electron chi connectivity index (χ0n) is 14.2. The third-order valence-electron chi connectivity index (χ3n) is 4.63. The molecule has 0 saturated heterocycles. The molecule has 2 heterocycles. The normalized spacial score (nSPS) is 17.3. The van der Waals surface area contributed by atoms with Gasteiger partial charge in [-0.3, -0.25) is 4.21 Å². The van der Waals surface area contributed by atoms with E-state index in [4.69, 9.17) is 9.15 Å². The number of benzene rings is 2. The number of rotatable bonds is 4. The second kappa shape index (κ2) is 6.68. The molecule has 4 rings (SSSR count). The fourth-order valence-electron chi connectivity index (χ4n) is 3.48. The molecule has 0 aliphatic carbocycles. The third kappa shape index (κ3) is 2.85. The predicted octanol–water partition coefficient (Wildman–Crippen LogP) is 4.07. The average Bonchev–Trinajstić information content (AvgIpc) is 3.12. The van der Waals surface area contributed by atoms with Crippen LogP contribution in [0.4, 0.5) is 0 Å². The highest BCUT2D eigenvalue weighted by atomic mass is 32.2. The lowest BCUT2D eigenvalue weighted by Gasteiger charge is -2.28. The molecule has 0 fully saturated rings. The average molecular weight is 383 g/mol. The fourth-order valence-corrected chi connectivity index (χ4v) is 4.27. The van der Waals surface area contributed by atoms with Crippen molar-refractivity contribution in [1.82, 2.24) is 0 Å². The first kappa shape index (κ1) is 17.5. The summed E-state index contributed by atoms with van der Waals surface area (Å²) < 4.78 is 35.3. The Hall–Kier alpha value is -2.90. The van der Waals surface area contributed by atoms with Crippen molar-refractivity contribution in [3.05, 3.63) is 77.2 Å². The lowest BCUT2D eigenvalue weighted by Crippen LogP contribution is -2.18. The molecule has 6 nitrogen and oxygen atoms in total. The zero-order valence-corrected chi connectivity index (χ0v) is 15.1. The third-order valence-corrected chi connectivity index (χ3v) is 5.54. The number of carbonyl (C=O) groups is 1. The summed E-state index contributed by atoms with van der Waals surface area (Å²) in [4.78, 5) is 12.1. The summed E-state index contributed by atoms with van der Waals surface area (Å²) >= 11 is -2.57. The van der Waals surface area contributed by atoms with Crippen LogP contribution in [0.1, 0.15) is 45.5 Å².